The van der Waals surface area contributed by atoms with Gasteiger partial charge in [-0.25, -0.2) is 4.98 Å². The number of benzene rings is 1. The summed E-state index contributed by atoms with van der Waals surface area (Å²) >= 11 is 0. The van der Waals surface area contributed by atoms with Crippen molar-refractivity contribution in [1.82, 2.24) is 20.2 Å². The second-order valence-electron chi connectivity index (χ2n) is 5.51. The van der Waals surface area contributed by atoms with Gasteiger partial charge in [0.15, 0.2) is 11.6 Å². The Hall–Kier alpha value is -3.49. The van der Waals surface area contributed by atoms with Crippen LogP contribution >= 0.6 is 0 Å². The van der Waals surface area contributed by atoms with E-state index in [4.69, 9.17) is 4.74 Å². The molecule has 9 nitrogen and oxygen atoms in total. The molecule has 3 aromatic rings. The maximum absolute atomic E-state index is 12.2. The molecule has 0 aliphatic rings. The summed E-state index contributed by atoms with van der Waals surface area (Å²) in [5.74, 6) is -0.506. The third-order valence-corrected chi connectivity index (χ3v) is 3.89. The monoisotopic (exact) mass is 356 g/mol. The number of aromatic amines is 2. The van der Waals surface area contributed by atoms with E-state index in [9.17, 15) is 14.4 Å². The Morgan fingerprint density at radius 1 is 1.19 bits per heavy atom. The lowest BCUT2D eigenvalue weighted by molar-refractivity contribution is -0.139. The van der Waals surface area contributed by atoms with Crippen LogP contribution in [-0.4, -0.2) is 51.9 Å². The van der Waals surface area contributed by atoms with E-state index in [0.29, 0.717) is 33.9 Å². The zero-order valence-electron chi connectivity index (χ0n) is 14.4. The molecule has 0 aliphatic heterocycles. The minimum atomic E-state index is -0.618. The smallest absolute Gasteiger partial charge is 0.313 e. The Labute approximate surface area is 147 Å². The number of methoxy groups -OCH3 is 2. The van der Waals surface area contributed by atoms with Gasteiger partial charge in [-0.05, 0) is 12.1 Å². The fourth-order valence-electron chi connectivity index (χ4n) is 2.65. The van der Waals surface area contributed by atoms with Crippen LogP contribution in [0.1, 0.15) is 23.1 Å². The zero-order valence-corrected chi connectivity index (χ0v) is 14.4. The first-order valence-corrected chi connectivity index (χ1v) is 7.68. The van der Waals surface area contributed by atoms with Gasteiger partial charge in [0.2, 0.25) is 5.78 Å². The number of rotatable bonds is 6. The first kappa shape index (κ1) is 17.3. The molecule has 0 atom stereocenters. The number of aromatic nitrogens is 4. The van der Waals surface area contributed by atoms with E-state index in [1.54, 1.807) is 12.1 Å². The number of ketones is 2. The summed E-state index contributed by atoms with van der Waals surface area (Å²) in [5.41, 5.74) is 1.37. The molecule has 0 saturated carbocycles. The van der Waals surface area contributed by atoms with Crippen LogP contribution in [0, 0.1) is 0 Å². The van der Waals surface area contributed by atoms with E-state index < -0.39 is 17.5 Å². The fourth-order valence-corrected chi connectivity index (χ4v) is 2.65. The van der Waals surface area contributed by atoms with Crippen LogP contribution in [0.5, 0.6) is 5.75 Å². The van der Waals surface area contributed by atoms with Crippen molar-refractivity contribution in [3.05, 3.63) is 29.7 Å². The van der Waals surface area contributed by atoms with Crippen LogP contribution in [0.2, 0.25) is 0 Å². The number of hydrogen-bond donors (Lipinski definition) is 2. The van der Waals surface area contributed by atoms with Gasteiger partial charge in [-0.3, -0.25) is 19.5 Å². The van der Waals surface area contributed by atoms with Crippen molar-refractivity contribution < 1.29 is 23.9 Å². The minimum absolute atomic E-state index is 0.0401. The molecule has 9 heteroatoms. The van der Waals surface area contributed by atoms with Gasteiger partial charge in [-0.2, -0.15) is 5.10 Å². The van der Waals surface area contributed by atoms with E-state index >= 15 is 0 Å². The number of ether oxygens (including phenoxy) is 2. The first-order valence-electron chi connectivity index (χ1n) is 7.68. The van der Waals surface area contributed by atoms with Crippen molar-refractivity contribution >= 4 is 28.4 Å². The predicted molar refractivity (Wildman–Crippen MR) is 91.0 cm³/mol. The van der Waals surface area contributed by atoms with Crippen molar-refractivity contribution in [3.8, 4) is 17.1 Å². The van der Waals surface area contributed by atoms with Gasteiger partial charge in [0.05, 0.1) is 30.7 Å². The van der Waals surface area contributed by atoms with Gasteiger partial charge in [-0.1, -0.05) is 0 Å². The highest BCUT2D eigenvalue weighted by molar-refractivity contribution is 6.45. The van der Waals surface area contributed by atoms with E-state index in [1.165, 1.54) is 27.3 Å². The zero-order chi connectivity index (χ0) is 18.8. The van der Waals surface area contributed by atoms with Crippen molar-refractivity contribution in [1.29, 1.82) is 0 Å². The molecule has 1 aromatic carbocycles. The number of H-pyrrole nitrogens is 2. The maximum atomic E-state index is 12.2. The molecule has 2 heterocycles. The highest BCUT2D eigenvalue weighted by atomic mass is 16.5. The van der Waals surface area contributed by atoms with Crippen molar-refractivity contribution in [3.63, 3.8) is 0 Å². The Morgan fingerprint density at radius 3 is 2.62 bits per heavy atom. The number of fused-ring (bicyclic) bond motifs is 1. The van der Waals surface area contributed by atoms with Gasteiger partial charge in [0.1, 0.15) is 18.0 Å². The summed E-state index contributed by atoms with van der Waals surface area (Å²) in [6, 6.07) is 3.39. The van der Waals surface area contributed by atoms with Gasteiger partial charge in [0, 0.05) is 18.7 Å². The molecule has 2 aromatic heterocycles. The molecule has 0 bridgehead atoms. The number of nitrogens with zero attached hydrogens (tertiary/aromatic N) is 2. The standard InChI is InChI=1S/C17H16N4O5/c1-8(22)16(24)10-7-18-15-9(4-5-11(25-2)14(10)15)17-19-12(20-21-17)6-13(23)26-3/h4-5,7,18H,6H2,1-3H3,(H,19,20,21). The van der Waals surface area contributed by atoms with Crippen LogP contribution in [0.3, 0.4) is 0 Å². The lowest BCUT2D eigenvalue weighted by atomic mass is 10.0. The summed E-state index contributed by atoms with van der Waals surface area (Å²) in [7, 11) is 2.77. The summed E-state index contributed by atoms with van der Waals surface area (Å²) in [4.78, 5) is 42.3. The third-order valence-electron chi connectivity index (χ3n) is 3.89. The van der Waals surface area contributed by atoms with Gasteiger partial charge in [-0.15, -0.1) is 0 Å². The van der Waals surface area contributed by atoms with E-state index in [2.05, 4.69) is 24.9 Å². The molecule has 0 saturated heterocycles. The van der Waals surface area contributed by atoms with Gasteiger partial charge >= 0.3 is 5.97 Å². The molecular weight excluding hydrogens is 340 g/mol. The Morgan fingerprint density at radius 2 is 1.96 bits per heavy atom. The number of carbonyl (C=O) groups excluding carboxylic acids is 3. The highest BCUT2D eigenvalue weighted by Crippen LogP contribution is 2.35. The van der Waals surface area contributed by atoms with Crippen LogP contribution < -0.4 is 4.74 Å². The normalized spacial score (nSPS) is 10.7. The average molecular weight is 356 g/mol. The van der Waals surface area contributed by atoms with Crippen LogP contribution in [0.15, 0.2) is 18.3 Å². The number of esters is 1. The molecule has 134 valence electrons. The van der Waals surface area contributed by atoms with Crippen molar-refractivity contribution in [2.75, 3.05) is 14.2 Å². The molecule has 2 N–H and O–H groups in total. The largest absolute Gasteiger partial charge is 0.496 e. The molecule has 0 amide bonds. The molecule has 26 heavy (non-hydrogen) atoms. The summed E-state index contributed by atoms with van der Waals surface area (Å²) in [6.07, 6.45) is 1.42. The van der Waals surface area contributed by atoms with E-state index in [-0.39, 0.29) is 12.0 Å². The second kappa shape index (κ2) is 6.79. The van der Waals surface area contributed by atoms with Crippen molar-refractivity contribution in [2.24, 2.45) is 0 Å². The van der Waals surface area contributed by atoms with Crippen LogP contribution in [0.25, 0.3) is 22.3 Å². The Bertz CT molecular complexity index is 1020. The molecule has 0 aliphatic carbocycles. The topological polar surface area (TPSA) is 127 Å². The van der Waals surface area contributed by atoms with E-state index in [1.807, 2.05) is 0 Å². The SMILES string of the molecule is COC(=O)Cc1nc(-c2ccc(OC)c3c(C(=O)C(C)=O)c[nH]c23)n[nH]1. The number of Topliss-reactive ketones (excluding diaryl/α,β-unsaturated/α-hetero) is 2. The minimum Gasteiger partial charge on any atom is -0.496 e. The predicted octanol–water partition coefficient (Wildman–Crippen LogP) is 1.45. The Kier molecular flexibility index (Phi) is 4.53. The van der Waals surface area contributed by atoms with Crippen LogP contribution in [0.4, 0.5) is 0 Å². The van der Waals surface area contributed by atoms with Gasteiger partial charge in [0.25, 0.3) is 0 Å². The summed E-state index contributed by atoms with van der Waals surface area (Å²) in [5, 5.41) is 7.27. The van der Waals surface area contributed by atoms with Crippen molar-refractivity contribution in [2.45, 2.75) is 13.3 Å². The Balaban J connectivity index is 2.12. The van der Waals surface area contributed by atoms with Crippen LogP contribution in [-0.2, 0) is 20.7 Å². The fraction of sp³-hybridized carbons (Fsp3) is 0.235. The number of hydrogen-bond acceptors (Lipinski definition) is 7. The summed E-state index contributed by atoms with van der Waals surface area (Å²) < 4.78 is 9.93. The molecule has 0 fully saturated rings. The maximum Gasteiger partial charge on any atom is 0.313 e. The summed E-state index contributed by atoms with van der Waals surface area (Å²) in [6.45, 7) is 1.21. The second-order valence-corrected chi connectivity index (χ2v) is 5.51. The molecule has 0 unspecified atom stereocenters. The highest BCUT2D eigenvalue weighted by Gasteiger charge is 2.22. The quantitative estimate of drug-likeness (QED) is 0.389. The molecular formula is C17H16N4O5. The number of nitrogens with one attached hydrogen (secondary N) is 2. The molecule has 0 spiro atoms. The van der Waals surface area contributed by atoms with Gasteiger partial charge < -0.3 is 14.5 Å². The first-order chi connectivity index (χ1) is 12.5. The molecule has 3 rings (SSSR count). The lowest BCUT2D eigenvalue weighted by Gasteiger charge is -2.06. The average Bonchev–Trinajstić information content (AvgIpc) is 3.27. The lowest BCUT2D eigenvalue weighted by Crippen LogP contribution is -2.09. The number of carbonyl (C=O) groups is 3. The molecule has 0 radical (unpaired) electrons. The van der Waals surface area contributed by atoms with E-state index in [0.717, 1.165) is 0 Å². The third kappa shape index (κ3) is 2.94.